The normalized spacial score (nSPS) is 13.9. The fourth-order valence-corrected chi connectivity index (χ4v) is 17.4. The molecule has 2 saturated heterocycles. The van der Waals surface area contributed by atoms with Crippen LogP contribution in [0.15, 0.2) is 430 Å². The number of benzene rings is 15. The zero-order valence-electron chi connectivity index (χ0n) is 76.1. The lowest BCUT2D eigenvalue weighted by atomic mass is 9.70. The predicted octanol–water partition coefficient (Wildman–Crippen LogP) is 28.3. The van der Waals surface area contributed by atoms with Crippen molar-refractivity contribution in [3.63, 3.8) is 0 Å². The largest absolute Gasteiger partial charge is 0.494 e. The lowest BCUT2D eigenvalue weighted by molar-refractivity contribution is 0.00578. The van der Waals surface area contributed by atoms with Gasteiger partial charge >= 0.3 is 14.2 Å². The van der Waals surface area contributed by atoms with Crippen LogP contribution in [-0.4, -0.2) is 81.5 Å². The summed E-state index contributed by atoms with van der Waals surface area (Å²) in [7, 11) is -1.10. The van der Waals surface area contributed by atoms with E-state index in [-0.39, 0.29) is 0 Å². The molecule has 0 N–H and O–H groups in total. The summed E-state index contributed by atoms with van der Waals surface area (Å²) < 4.78 is 27.4. The van der Waals surface area contributed by atoms with Crippen LogP contribution < -0.4 is 10.9 Å². The topological polar surface area (TPSA) is 153 Å². The first-order chi connectivity index (χ1) is 65.7. The van der Waals surface area contributed by atoms with Crippen LogP contribution in [-0.2, 0) is 18.6 Å². The van der Waals surface area contributed by atoms with Gasteiger partial charge in [0.25, 0.3) is 0 Å². The molecule has 0 bridgehead atoms. The molecule has 20 aromatic rings. The van der Waals surface area contributed by atoms with Crippen molar-refractivity contribution in [1.82, 2.24) is 44.9 Å². The van der Waals surface area contributed by atoms with Crippen molar-refractivity contribution in [2.75, 3.05) is 0 Å². The fraction of sp³-hybridized carbons (Fsp3) is 0.101. The molecule has 0 amide bonds. The lowest BCUT2D eigenvalue weighted by Crippen LogP contribution is -2.41. The second-order valence-electron chi connectivity index (χ2n) is 35.8. The summed E-state index contributed by atoms with van der Waals surface area (Å²) in [4.78, 5) is 43.0. The Morgan fingerprint density at radius 2 is 0.415 bits per heavy atom. The summed E-state index contributed by atoms with van der Waals surface area (Å²) >= 11 is 3.40. The molecule has 2 aliphatic rings. The van der Waals surface area contributed by atoms with Gasteiger partial charge in [0, 0.05) is 73.1 Å². The van der Waals surface area contributed by atoms with Gasteiger partial charge in [-0.25, -0.2) is 29.9 Å². The van der Waals surface area contributed by atoms with E-state index in [1.54, 1.807) is 6.20 Å². The van der Waals surface area contributed by atoms with Crippen molar-refractivity contribution in [2.45, 2.75) is 77.8 Å². The van der Waals surface area contributed by atoms with Crippen molar-refractivity contribution in [2.24, 2.45) is 0 Å². The van der Waals surface area contributed by atoms with Crippen LogP contribution >= 0.6 is 15.9 Å². The number of nitrogens with zero attached hydrogens (tertiary/aromatic N) is 9. The molecule has 22 rings (SSSR count). The Morgan fingerprint density at radius 1 is 0.193 bits per heavy atom. The predicted molar refractivity (Wildman–Crippen MR) is 555 cm³/mol. The number of fused-ring (bicyclic) bond motifs is 2. The Morgan fingerprint density at radius 3 is 0.696 bits per heavy atom. The van der Waals surface area contributed by atoms with Crippen LogP contribution in [0.5, 0.6) is 0 Å². The first kappa shape index (κ1) is 87.7. The molecular formula is C119H94B2BrN9O4. The van der Waals surface area contributed by atoms with E-state index in [9.17, 15) is 0 Å². The van der Waals surface area contributed by atoms with Crippen molar-refractivity contribution >= 4 is 62.6 Å². The van der Waals surface area contributed by atoms with Crippen LogP contribution in [0.4, 0.5) is 0 Å². The number of hydrogen-bond acceptors (Lipinski definition) is 13. The van der Waals surface area contributed by atoms with Gasteiger partial charge in [-0.1, -0.05) is 356 Å². The van der Waals surface area contributed by atoms with E-state index < -0.39 is 36.6 Å². The van der Waals surface area contributed by atoms with Gasteiger partial charge in [0.05, 0.1) is 39.5 Å². The molecule has 0 atom stereocenters. The summed E-state index contributed by atoms with van der Waals surface area (Å²) in [6.07, 6.45) is 5.48. The quantitative estimate of drug-likeness (QED) is 0.0796. The van der Waals surface area contributed by atoms with Gasteiger partial charge in [-0.2, -0.15) is 0 Å². The lowest BCUT2D eigenvalue weighted by Gasteiger charge is -2.32. The highest BCUT2D eigenvalue weighted by molar-refractivity contribution is 9.10. The zero-order chi connectivity index (χ0) is 92.2. The summed E-state index contributed by atoms with van der Waals surface area (Å²) in [6, 6.07) is 141. The van der Waals surface area contributed by atoms with Gasteiger partial charge in [-0.3, -0.25) is 15.0 Å². The van der Waals surface area contributed by atoms with E-state index >= 15 is 0 Å². The van der Waals surface area contributed by atoms with Gasteiger partial charge < -0.3 is 18.6 Å². The number of pyridine rings is 3. The fourth-order valence-electron chi connectivity index (χ4n) is 17.1. The molecule has 652 valence electrons. The highest BCUT2D eigenvalue weighted by Crippen LogP contribution is 2.45. The number of aromatic nitrogens is 9. The van der Waals surface area contributed by atoms with E-state index in [0.29, 0.717) is 34.9 Å². The number of hydrogen-bond donors (Lipinski definition) is 0. The molecule has 5 aromatic heterocycles. The molecule has 135 heavy (non-hydrogen) atoms. The third-order valence-electron chi connectivity index (χ3n) is 25.9. The van der Waals surface area contributed by atoms with Crippen molar-refractivity contribution in [3.8, 4) is 169 Å². The Balaban J connectivity index is 0.000000148. The van der Waals surface area contributed by atoms with Crippen LogP contribution in [0.2, 0.25) is 0 Å². The van der Waals surface area contributed by atoms with Gasteiger partial charge in [0.2, 0.25) is 0 Å². The van der Waals surface area contributed by atoms with Crippen LogP contribution in [0, 0.1) is 0 Å². The minimum atomic E-state index is -0.549. The Kier molecular flexibility index (Phi) is 24.5. The van der Waals surface area contributed by atoms with Crippen LogP contribution in [0.3, 0.4) is 0 Å². The molecule has 0 spiro atoms. The summed E-state index contributed by atoms with van der Waals surface area (Å²) in [5, 5.41) is 4.63. The Hall–Kier alpha value is -15.3. The molecule has 0 saturated carbocycles. The second kappa shape index (κ2) is 37.8. The Bertz CT molecular complexity index is 7330. The van der Waals surface area contributed by atoms with Crippen LogP contribution in [0.25, 0.3) is 190 Å². The van der Waals surface area contributed by atoms with Crippen molar-refractivity contribution in [1.29, 1.82) is 0 Å². The molecule has 15 aromatic carbocycles. The summed E-state index contributed by atoms with van der Waals surface area (Å²) in [5.74, 6) is 3.82. The summed E-state index contributed by atoms with van der Waals surface area (Å²) in [6.45, 7) is 16.7. The van der Waals surface area contributed by atoms with Crippen LogP contribution in [0.1, 0.15) is 55.4 Å². The van der Waals surface area contributed by atoms with E-state index in [2.05, 4.69) is 293 Å². The maximum Gasteiger partial charge on any atom is 0.494 e. The average molecular weight is 1820 g/mol. The van der Waals surface area contributed by atoms with Crippen molar-refractivity contribution < 1.29 is 18.6 Å². The SMILES string of the molecule is Brc1ccc(-c2ccccn2)cc1.CC1(C)OB(c2cc(B3OC(C)(C)C(C)(C)O3)cc(-c3ccc(-c4ccc(-c5nc(-c6ccccc6)nc(-c6ccccc6)n5)cc4)c4ccccc34)c2)OC1(C)C.c1ccc(-c2nc(-c3ccccc3)nc(-c3ccc(-c4ccc(-c5cc(-c6ccc(-c7ccccn7)cc6)cc(-c6ccc(-c7ccccn7)cc6)c5)c5ccccc45)cc3)n2)cc1. The third-order valence-corrected chi connectivity index (χ3v) is 26.4. The van der Waals surface area contributed by atoms with E-state index in [1.807, 2.05) is 213 Å². The van der Waals surface area contributed by atoms with Gasteiger partial charge in [-0.15, -0.1) is 0 Å². The number of rotatable bonds is 17. The highest BCUT2D eigenvalue weighted by Gasteiger charge is 2.54. The molecule has 0 unspecified atom stereocenters. The molecular weight excluding hydrogens is 1720 g/mol. The number of halogens is 1. The molecule has 0 aliphatic carbocycles. The van der Waals surface area contributed by atoms with E-state index in [4.69, 9.17) is 48.5 Å². The second-order valence-corrected chi connectivity index (χ2v) is 36.7. The first-order valence-electron chi connectivity index (χ1n) is 45.5. The highest BCUT2D eigenvalue weighted by atomic mass is 79.9. The standard InChI is InChI=1S/C59H39N5.C49H47B2N3O4.C11H8BrN/c1-3-13-45(14-4-1)57-62-58(46-15-5-2-6-16-46)64-59(63-57)47-31-25-42(26-32-47)51-33-34-52(54-18-8-7-17-53(51)54)50-38-48(40-21-27-43(28-22-40)55-19-9-11-35-60-55)37-49(39-50)41-23-29-44(30-24-41)56-20-10-12-36-61-56;1-46(2)47(3,4)56-50(55-46)37-29-36(30-38(31-37)51-57-48(5,6)49(7,8)58-51)40-28-27-39(41-21-15-16-22-42(40)41)32-23-25-35(26-24-32)45-53-43(33-17-11-9-12-18-33)52-44(54-45)34-19-13-10-14-20-34;12-10-6-4-9(5-7-10)11-3-1-2-8-13-11/h1-39H;9-31H,1-8H3;1-8H. The van der Waals surface area contributed by atoms with E-state index in [0.717, 1.165) is 155 Å². The molecule has 2 fully saturated rings. The monoisotopic (exact) mass is 1810 g/mol. The summed E-state index contributed by atoms with van der Waals surface area (Å²) in [5.41, 5.74) is 25.2. The van der Waals surface area contributed by atoms with Gasteiger partial charge in [0.15, 0.2) is 34.9 Å². The minimum absolute atomic E-state index is 0.486. The Labute approximate surface area is 796 Å². The van der Waals surface area contributed by atoms with Gasteiger partial charge in [-0.05, 0) is 221 Å². The average Bonchev–Trinajstić information content (AvgIpc) is 1.66. The molecule has 2 aliphatic heterocycles. The molecule has 16 heteroatoms. The molecule has 13 nitrogen and oxygen atoms in total. The maximum absolute atomic E-state index is 6.59. The first-order valence-corrected chi connectivity index (χ1v) is 46.3. The van der Waals surface area contributed by atoms with Gasteiger partial charge in [0.1, 0.15) is 0 Å². The third kappa shape index (κ3) is 18.9. The zero-order valence-corrected chi connectivity index (χ0v) is 77.7. The molecule has 7 heterocycles. The van der Waals surface area contributed by atoms with Crippen molar-refractivity contribution in [3.05, 3.63) is 430 Å². The minimum Gasteiger partial charge on any atom is -0.399 e. The van der Waals surface area contributed by atoms with E-state index in [1.165, 1.54) is 16.3 Å². The smallest absolute Gasteiger partial charge is 0.399 e. The molecule has 0 radical (unpaired) electrons. The maximum atomic E-state index is 6.59.